The molecule has 2 heterocycles. The van der Waals surface area contributed by atoms with E-state index in [-0.39, 0.29) is 69.8 Å². The first-order chi connectivity index (χ1) is 32.8. The van der Waals surface area contributed by atoms with E-state index in [1.54, 1.807) is 17.0 Å². The molecule has 1 fully saturated rings. The van der Waals surface area contributed by atoms with Gasteiger partial charge in [0, 0.05) is 44.2 Å². The number of alkyl halides is 1. The molecule has 14 nitrogen and oxygen atoms in total. The molecule has 4 aliphatic rings. The topological polar surface area (TPSA) is 167 Å². The van der Waals surface area contributed by atoms with E-state index in [1.165, 1.54) is 52.1 Å². The summed E-state index contributed by atoms with van der Waals surface area (Å²) in [6.07, 6.45) is 19.3. The van der Waals surface area contributed by atoms with Gasteiger partial charge in [-0.05, 0) is 85.4 Å². The van der Waals surface area contributed by atoms with E-state index in [4.69, 9.17) is 44.9 Å². The fourth-order valence-corrected chi connectivity index (χ4v) is 10.6. The van der Waals surface area contributed by atoms with Gasteiger partial charge in [-0.25, -0.2) is 9.59 Å². The number of halogens is 1. The van der Waals surface area contributed by atoms with Gasteiger partial charge in [0.1, 0.15) is 31.3 Å². The van der Waals surface area contributed by atoms with Crippen molar-refractivity contribution in [2.24, 2.45) is 22.9 Å². The fraction of sp³-hybridized carbons (Fsp3) is 0.635. The van der Waals surface area contributed by atoms with Crippen molar-refractivity contribution in [1.82, 2.24) is 10.2 Å². The van der Waals surface area contributed by atoms with Crippen LogP contribution >= 0.6 is 11.6 Å². The van der Waals surface area contributed by atoms with Crippen LogP contribution in [0.15, 0.2) is 65.9 Å². The van der Waals surface area contributed by atoms with Crippen molar-refractivity contribution in [3.8, 4) is 23.0 Å². The summed E-state index contributed by atoms with van der Waals surface area (Å²) in [7, 11) is 1.51. The van der Waals surface area contributed by atoms with Gasteiger partial charge in [0.25, 0.3) is 0 Å². The van der Waals surface area contributed by atoms with Crippen molar-refractivity contribution in [2.45, 2.75) is 140 Å². The number of fused-ring (bicyclic) bond motifs is 3. The van der Waals surface area contributed by atoms with Crippen molar-refractivity contribution in [3.63, 3.8) is 0 Å². The molecule has 2 aliphatic heterocycles. The summed E-state index contributed by atoms with van der Waals surface area (Å²) in [5, 5.41) is 27.5. The second kappa shape index (κ2) is 26.9. The molecule has 0 bridgehead atoms. The van der Waals surface area contributed by atoms with Crippen LogP contribution in [-0.2, 0) is 20.9 Å². The number of nitrogens with zero attached hydrogens (tertiary/aromatic N) is 2. The van der Waals surface area contributed by atoms with Crippen LogP contribution in [0.1, 0.15) is 133 Å². The summed E-state index contributed by atoms with van der Waals surface area (Å²) in [5.41, 5.74) is 3.10. The van der Waals surface area contributed by atoms with E-state index in [9.17, 15) is 19.8 Å². The first-order valence-corrected chi connectivity index (χ1v) is 25.3. The lowest BCUT2D eigenvalue weighted by molar-refractivity contribution is -0.256. The van der Waals surface area contributed by atoms with Gasteiger partial charge < -0.3 is 48.8 Å². The number of benzene rings is 2. The average molecular weight is 953 g/mol. The first-order valence-electron chi connectivity index (χ1n) is 24.8. The smallest absolute Gasteiger partial charge is 0.412 e. The Labute approximate surface area is 402 Å². The number of unbranched alkanes of at least 4 members (excludes halogenated alkanes) is 11. The minimum atomic E-state index is -1.53. The highest BCUT2D eigenvalue weighted by Gasteiger charge is 2.65. The van der Waals surface area contributed by atoms with Gasteiger partial charge in [0.2, 0.25) is 12.6 Å². The standard InChI is InChI=1S/C52H74ClN3O11/c1-4-6-7-8-9-10-11-12-13-16-26-54-50(59)66-39-22-24-44-42(33-39)48-40(20-15-18-28-58)38(19-14-17-27-57)32-41-43(55-61-3)34-47(52(67-44,49(41)48)65-29-5-2)56(51(60)62-30-25-53)35-37-21-23-45-46(31-37)64-36-63-45/h5,21-24,31-33,38,40,47-49,57-58H,2,4,6-20,25-30,34-36H2,1,3H3,(H,54,59)/t38-,40+,47-,48+,49+,52+/m0/s1. The minimum Gasteiger partial charge on any atom is -0.459 e. The molecule has 6 rings (SSSR count). The number of carbonyl (C=O) groups excluding carboxylic acids is 2. The van der Waals surface area contributed by atoms with Crippen LogP contribution in [0.3, 0.4) is 0 Å². The van der Waals surface area contributed by atoms with Crippen LogP contribution in [0, 0.1) is 17.8 Å². The lowest BCUT2D eigenvalue weighted by Gasteiger charge is -2.59. The van der Waals surface area contributed by atoms with Crippen molar-refractivity contribution < 1.29 is 53.1 Å². The van der Waals surface area contributed by atoms with Crippen molar-refractivity contribution in [1.29, 1.82) is 0 Å². The SMILES string of the molecule is C=CCO[C@@]12Oc3ccc(OC(=O)NCCCCCCCCCCCC)cc3[C@H]3[C@H](CCCCO)[C@@H](CCCCO)C=C(C(=NOC)C[C@@H]1N(Cc1ccc4c(c1)OCO4)C(=O)OCCCl)[C@H]32. The molecule has 0 radical (unpaired) electrons. The molecule has 0 aromatic heterocycles. The van der Waals surface area contributed by atoms with Crippen LogP contribution in [0.5, 0.6) is 23.0 Å². The minimum absolute atomic E-state index is 0.0236. The average Bonchev–Trinajstić information content (AvgIpc) is 3.81. The number of hydrogen-bond donors (Lipinski definition) is 3. The zero-order chi connectivity index (χ0) is 47.4. The van der Waals surface area contributed by atoms with Gasteiger partial charge in [-0.15, -0.1) is 18.2 Å². The highest BCUT2D eigenvalue weighted by atomic mass is 35.5. The predicted molar refractivity (Wildman–Crippen MR) is 258 cm³/mol. The molecule has 2 amide bonds. The van der Waals surface area contributed by atoms with Gasteiger partial charge in [0.05, 0.1) is 24.1 Å². The fourth-order valence-electron chi connectivity index (χ4n) is 10.5. The molecule has 0 spiro atoms. The molecule has 15 heteroatoms. The molecular weight excluding hydrogens is 878 g/mol. The molecule has 0 unspecified atom stereocenters. The number of amides is 2. The third-order valence-electron chi connectivity index (χ3n) is 13.6. The maximum absolute atomic E-state index is 14.5. The van der Waals surface area contributed by atoms with Gasteiger partial charge >= 0.3 is 12.2 Å². The van der Waals surface area contributed by atoms with E-state index in [0.717, 1.165) is 61.6 Å². The van der Waals surface area contributed by atoms with E-state index in [1.807, 2.05) is 30.3 Å². The van der Waals surface area contributed by atoms with Crippen molar-refractivity contribution >= 4 is 29.5 Å². The Morgan fingerprint density at radius 1 is 0.925 bits per heavy atom. The molecule has 0 saturated heterocycles. The van der Waals surface area contributed by atoms with E-state index in [0.29, 0.717) is 48.1 Å². The molecule has 2 aromatic rings. The lowest BCUT2D eigenvalue weighted by atomic mass is 9.55. The zero-order valence-electron chi connectivity index (χ0n) is 39.7. The van der Waals surface area contributed by atoms with Crippen LogP contribution < -0.4 is 24.3 Å². The highest BCUT2D eigenvalue weighted by molar-refractivity contribution is 6.18. The Morgan fingerprint density at radius 3 is 2.36 bits per heavy atom. The van der Waals surface area contributed by atoms with Gasteiger partial charge in [-0.1, -0.05) is 101 Å². The first kappa shape index (κ1) is 51.9. The summed E-state index contributed by atoms with van der Waals surface area (Å²) in [6, 6.07) is 10.2. The molecular formula is C52H74ClN3O11. The van der Waals surface area contributed by atoms with Gasteiger partial charge in [0.15, 0.2) is 11.5 Å². The second-order valence-electron chi connectivity index (χ2n) is 18.1. The molecule has 67 heavy (non-hydrogen) atoms. The summed E-state index contributed by atoms with van der Waals surface area (Å²) in [4.78, 5) is 35.1. The van der Waals surface area contributed by atoms with E-state index >= 15 is 0 Å². The quantitative estimate of drug-likeness (QED) is 0.0307. The lowest BCUT2D eigenvalue weighted by Crippen LogP contribution is -2.70. The Balaban J connectivity index is 1.38. The molecule has 1 saturated carbocycles. The molecule has 2 aliphatic carbocycles. The van der Waals surface area contributed by atoms with E-state index in [2.05, 4.69) is 30.1 Å². The number of aliphatic hydroxyl groups is 2. The number of carbonyl (C=O) groups is 2. The number of hydrogen-bond acceptors (Lipinski definition) is 12. The molecule has 3 N–H and O–H groups in total. The summed E-state index contributed by atoms with van der Waals surface area (Å²) >= 11 is 6.10. The summed E-state index contributed by atoms with van der Waals surface area (Å²) in [6.45, 7) is 7.16. The van der Waals surface area contributed by atoms with Crippen molar-refractivity contribution in [2.75, 3.05) is 52.8 Å². The van der Waals surface area contributed by atoms with Gasteiger partial charge in [-0.2, -0.15) is 0 Å². The number of rotatable bonds is 29. The molecule has 370 valence electrons. The zero-order valence-corrected chi connectivity index (χ0v) is 40.5. The third-order valence-corrected chi connectivity index (χ3v) is 13.7. The van der Waals surface area contributed by atoms with Gasteiger partial charge in [-0.3, -0.25) is 4.90 Å². The summed E-state index contributed by atoms with van der Waals surface area (Å²) in [5.74, 6) is -0.240. The Bertz CT molecular complexity index is 1960. The number of nitrogens with one attached hydrogen (secondary N) is 1. The summed E-state index contributed by atoms with van der Waals surface area (Å²) < 4.78 is 37.5. The normalized spacial score (nSPS) is 22.8. The molecule has 2 aromatic carbocycles. The maximum atomic E-state index is 14.5. The van der Waals surface area contributed by atoms with Crippen LogP contribution in [0.25, 0.3) is 0 Å². The van der Waals surface area contributed by atoms with E-state index < -0.39 is 29.9 Å². The number of aliphatic hydroxyl groups excluding tert-OH is 2. The van der Waals surface area contributed by atoms with Crippen molar-refractivity contribution in [3.05, 3.63) is 71.8 Å². The Hall–Kier alpha value is -4.50. The number of ether oxygens (including phenoxy) is 6. The third kappa shape index (κ3) is 13.4. The number of oxime groups is 1. The molecule has 6 atom stereocenters. The van der Waals surface area contributed by atoms with Crippen LogP contribution in [0.4, 0.5) is 9.59 Å². The second-order valence-corrected chi connectivity index (χ2v) is 18.5. The number of allylic oxidation sites excluding steroid dienone is 1. The monoisotopic (exact) mass is 952 g/mol. The highest BCUT2D eigenvalue weighted by Crippen LogP contribution is 2.62. The maximum Gasteiger partial charge on any atom is 0.412 e. The Kier molecular flexibility index (Phi) is 20.8. The Morgan fingerprint density at radius 2 is 1.64 bits per heavy atom. The van der Waals surface area contributed by atoms with Crippen LogP contribution in [0.2, 0.25) is 0 Å². The predicted octanol–water partition coefficient (Wildman–Crippen LogP) is 10.6. The largest absolute Gasteiger partial charge is 0.459 e. The van der Waals surface area contributed by atoms with Crippen LogP contribution in [-0.4, -0.2) is 97.6 Å².